The summed E-state index contributed by atoms with van der Waals surface area (Å²) in [6.45, 7) is 2.80. The summed E-state index contributed by atoms with van der Waals surface area (Å²) in [7, 11) is 3.52. The number of benzene rings is 2. The fourth-order valence-corrected chi connectivity index (χ4v) is 4.81. The fraction of sp³-hybridized carbons (Fsp3) is 0.214. The van der Waals surface area contributed by atoms with Crippen LogP contribution in [0.1, 0.15) is 17.2 Å². The third-order valence-electron chi connectivity index (χ3n) is 6.70. The first-order valence-electron chi connectivity index (χ1n) is 11.9. The Labute approximate surface area is 208 Å². The summed E-state index contributed by atoms with van der Waals surface area (Å²) in [5.74, 6) is 1.23. The molecule has 0 spiro atoms. The maximum Gasteiger partial charge on any atom is 0.147 e. The minimum Gasteiger partial charge on any atom is -0.507 e. The lowest BCUT2D eigenvalue weighted by atomic mass is 9.95. The number of phenols is 1. The van der Waals surface area contributed by atoms with Crippen LogP contribution >= 0.6 is 0 Å². The lowest BCUT2D eigenvalue weighted by Crippen LogP contribution is -2.44. The molecule has 0 radical (unpaired) electrons. The monoisotopic (exact) mass is 478 g/mol. The van der Waals surface area contributed by atoms with Gasteiger partial charge in [0.25, 0.3) is 0 Å². The smallest absolute Gasteiger partial charge is 0.147 e. The van der Waals surface area contributed by atoms with Gasteiger partial charge in [-0.25, -0.2) is 0 Å². The number of hydrogen-bond donors (Lipinski definition) is 1. The average molecular weight is 479 g/mol. The van der Waals surface area contributed by atoms with E-state index in [1.807, 2.05) is 61.9 Å². The summed E-state index contributed by atoms with van der Waals surface area (Å²) in [5.41, 5.74) is 6.13. The van der Waals surface area contributed by atoms with Gasteiger partial charge in [0.2, 0.25) is 0 Å². The quantitative estimate of drug-likeness (QED) is 0.387. The van der Waals surface area contributed by atoms with E-state index in [-0.39, 0.29) is 5.75 Å². The number of aromatic nitrogens is 5. The molecule has 0 amide bonds. The van der Waals surface area contributed by atoms with Crippen molar-refractivity contribution in [2.45, 2.75) is 12.5 Å². The number of ether oxygens (including phenoxy) is 1. The number of aromatic hydroxyl groups is 1. The van der Waals surface area contributed by atoms with Gasteiger partial charge in [-0.2, -0.15) is 15.3 Å². The molecule has 8 nitrogen and oxygen atoms in total. The molecule has 2 aromatic carbocycles. The third-order valence-corrected chi connectivity index (χ3v) is 6.70. The number of pyridine rings is 1. The van der Waals surface area contributed by atoms with Crippen LogP contribution < -0.4 is 4.74 Å². The molecule has 8 heteroatoms. The van der Waals surface area contributed by atoms with Crippen molar-refractivity contribution < 1.29 is 9.84 Å². The molecule has 180 valence electrons. The molecule has 1 saturated heterocycles. The summed E-state index contributed by atoms with van der Waals surface area (Å²) < 4.78 is 7.31. The maximum absolute atomic E-state index is 10.8. The van der Waals surface area contributed by atoms with E-state index in [0.29, 0.717) is 22.9 Å². The molecule has 0 bridgehead atoms. The van der Waals surface area contributed by atoms with E-state index in [0.717, 1.165) is 47.4 Å². The number of phenolic OH excluding ortho intramolecular Hbond substituents is 1. The Morgan fingerprint density at radius 2 is 1.92 bits per heavy atom. The Morgan fingerprint density at radius 1 is 1.03 bits per heavy atom. The van der Waals surface area contributed by atoms with Crippen LogP contribution in [-0.2, 0) is 13.6 Å². The van der Waals surface area contributed by atoms with Crippen molar-refractivity contribution >= 4 is 10.9 Å². The molecule has 1 N–H and O–H groups in total. The molecule has 5 aromatic rings. The highest BCUT2D eigenvalue weighted by molar-refractivity contribution is 5.90. The molecule has 4 heterocycles. The summed E-state index contributed by atoms with van der Waals surface area (Å²) in [6.07, 6.45) is 5.66. The number of hydrogen-bond acceptors (Lipinski definition) is 7. The normalized spacial score (nSPS) is 14.2. The number of rotatable bonds is 6. The van der Waals surface area contributed by atoms with Crippen molar-refractivity contribution in [2.75, 3.05) is 20.2 Å². The Balaban J connectivity index is 1.18. The molecular formula is C28H26N6O2. The lowest BCUT2D eigenvalue weighted by Gasteiger charge is -2.38. The van der Waals surface area contributed by atoms with Gasteiger partial charge in [-0.3, -0.25) is 14.6 Å². The molecule has 1 aliphatic rings. The largest absolute Gasteiger partial charge is 0.507 e. The van der Waals surface area contributed by atoms with E-state index in [1.165, 1.54) is 5.56 Å². The van der Waals surface area contributed by atoms with Crippen molar-refractivity contribution in [1.29, 1.82) is 0 Å². The standard InChI is InChI=1S/C28H26N6O2/c1-33-15-21-10-20(12-27(36-2)28(21)32-33)19-5-6-23(26(35)11-19)25-8-7-24(30-31-25)22-16-34(17-22)14-18-4-3-9-29-13-18/h3-13,15,22,35H,14,16-17H2,1-2H3. The molecule has 6 rings (SSSR count). The summed E-state index contributed by atoms with van der Waals surface area (Å²) in [5, 5.41) is 25.2. The van der Waals surface area contributed by atoms with Gasteiger partial charge in [-0.05, 0) is 59.2 Å². The Hall–Kier alpha value is -4.30. The van der Waals surface area contributed by atoms with Gasteiger partial charge in [0, 0.05) is 62.1 Å². The first kappa shape index (κ1) is 22.2. The predicted molar refractivity (Wildman–Crippen MR) is 138 cm³/mol. The Bertz CT molecular complexity index is 1530. The van der Waals surface area contributed by atoms with Crippen LogP contribution in [0.5, 0.6) is 11.5 Å². The summed E-state index contributed by atoms with van der Waals surface area (Å²) in [6, 6.07) is 17.6. The van der Waals surface area contributed by atoms with Gasteiger partial charge in [-0.15, -0.1) is 0 Å². The topological polar surface area (TPSA) is 89.2 Å². The number of aryl methyl sites for hydroxylation is 1. The molecule has 0 saturated carbocycles. The van der Waals surface area contributed by atoms with Crippen molar-refractivity contribution in [2.24, 2.45) is 7.05 Å². The zero-order valence-corrected chi connectivity index (χ0v) is 20.2. The van der Waals surface area contributed by atoms with Crippen molar-refractivity contribution in [3.05, 3.63) is 84.4 Å². The van der Waals surface area contributed by atoms with Crippen LogP contribution in [-0.4, -0.2) is 55.2 Å². The van der Waals surface area contributed by atoms with Crippen LogP contribution in [0.15, 0.2) is 73.2 Å². The first-order chi connectivity index (χ1) is 17.6. The zero-order chi connectivity index (χ0) is 24.6. The number of fused-ring (bicyclic) bond motifs is 1. The Kier molecular flexibility index (Phi) is 5.58. The molecule has 1 aliphatic heterocycles. The van der Waals surface area contributed by atoms with E-state index in [2.05, 4.69) is 31.2 Å². The minimum absolute atomic E-state index is 0.158. The van der Waals surface area contributed by atoms with Gasteiger partial charge in [0.05, 0.1) is 18.5 Å². The maximum atomic E-state index is 10.8. The highest BCUT2D eigenvalue weighted by Gasteiger charge is 2.29. The molecule has 36 heavy (non-hydrogen) atoms. The minimum atomic E-state index is 0.158. The van der Waals surface area contributed by atoms with Crippen molar-refractivity contribution in [1.82, 2.24) is 29.9 Å². The average Bonchev–Trinajstić information content (AvgIpc) is 3.26. The summed E-state index contributed by atoms with van der Waals surface area (Å²) >= 11 is 0. The SMILES string of the molecule is COc1cc(-c2ccc(-c3ccc(C4CN(Cc5cccnc5)C4)nn3)c(O)c2)cc2cn(C)nc12. The Morgan fingerprint density at radius 3 is 2.64 bits per heavy atom. The zero-order valence-electron chi connectivity index (χ0n) is 20.2. The van der Waals surface area contributed by atoms with Crippen LogP contribution in [0.3, 0.4) is 0 Å². The van der Waals surface area contributed by atoms with Crippen LogP contribution in [0.4, 0.5) is 0 Å². The molecule has 0 unspecified atom stereocenters. The molecule has 0 atom stereocenters. The second-order valence-electron chi connectivity index (χ2n) is 9.25. The van der Waals surface area contributed by atoms with E-state index in [1.54, 1.807) is 24.1 Å². The number of nitrogens with zero attached hydrogens (tertiary/aromatic N) is 6. The second kappa shape index (κ2) is 9.05. The highest BCUT2D eigenvalue weighted by atomic mass is 16.5. The van der Waals surface area contributed by atoms with E-state index in [9.17, 15) is 5.11 Å². The number of likely N-dealkylation sites (tertiary alicyclic amines) is 1. The van der Waals surface area contributed by atoms with Crippen LogP contribution in [0.2, 0.25) is 0 Å². The van der Waals surface area contributed by atoms with Crippen molar-refractivity contribution in [3.63, 3.8) is 0 Å². The third kappa shape index (κ3) is 4.16. The lowest BCUT2D eigenvalue weighted by molar-refractivity contribution is 0.136. The van der Waals surface area contributed by atoms with E-state index in [4.69, 9.17) is 4.74 Å². The predicted octanol–water partition coefficient (Wildman–Crippen LogP) is 4.41. The fourth-order valence-electron chi connectivity index (χ4n) is 4.81. The number of methoxy groups -OCH3 is 1. The van der Waals surface area contributed by atoms with Crippen molar-refractivity contribution in [3.8, 4) is 33.9 Å². The van der Waals surface area contributed by atoms with E-state index >= 15 is 0 Å². The van der Waals surface area contributed by atoms with Gasteiger partial charge in [0.1, 0.15) is 17.0 Å². The van der Waals surface area contributed by atoms with Gasteiger partial charge >= 0.3 is 0 Å². The molecule has 3 aromatic heterocycles. The highest BCUT2D eigenvalue weighted by Crippen LogP contribution is 2.36. The molecule has 0 aliphatic carbocycles. The van der Waals surface area contributed by atoms with E-state index < -0.39 is 0 Å². The molecular weight excluding hydrogens is 452 g/mol. The first-order valence-corrected chi connectivity index (χ1v) is 11.9. The van der Waals surface area contributed by atoms with Gasteiger partial charge < -0.3 is 9.84 Å². The second-order valence-corrected chi connectivity index (χ2v) is 9.25. The molecule has 1 fully saturated rings. The van der Waals surface area contributed by atoms with Gasteiger partial charge in [-0.1, -0.05) is 12.1 Å². The summed E-state index contributed by atoms with van der Waals surface area (Å²) in [4.78, 5) is 6.56. The van der Waals surface area contributed by atoms with Gasteiger partial charge in [0.15, 0.2) is 0 Å². The van der Waals surface area contributed by atoms with Crippen LogP contribution in [0, 0.1) is 0 Å². The van der Waals surface area contributed by atoms with Crippen LogP contribution in [0.25, 0.3) is 33.3 Å².